The highest BCUT2D eigenvalue weighted by atomic mass is 16.5. The van der Waals surface area contributed by atoms with Gasteiger partial charge in [-0.3, -0.25) is 9.59 Å². The molecule has 2 rings (SSSR count). The summed E-state index contributed by atoms with van der Waals surface area (Å²) in [6.45, 7) is 2.68. The maximum atomic E-state index is 12.4. The Kier molecular flexibility index (Phi) is 5.42. The van der Waals surface area contributed by atoms with Crippen molar-refractivity contribution < 1.29 is 18.7 Å². The summed E-state index contributed by atoms with van der Waals surface area (Å²) in [4.78, 5) is 25.4. The molecular weight excluding hydrogens is 270 g/mol. The highest BCUT2D eigenvalue weighted by molar-refractivity contribution is 5.77. The number of ether oxygens (including phenoxy) is 1. The molecular formula is C16H23NO4. The summed E-state index contributed by atoms with van der Waals surface area (Å²) >= 11 is 0. The average molecular weight is 293 g/mol. The minimum absolute atomic E-state index is 0.0399. The van der Waals surface area contributed by atoms with E-state index in [1.54, 1.807) is 0 Å². The summed E-state index contributed by atoms with van der Waals surface area (Å²) in [5, 5.41) is 0. The number of hydrogen-bond donors (Lipinski definition) is 0. The summed E-state index contributed by atoms with van der Waals surface area (Å²) in [6.07, 6.45) is 4.28. The maximum absolute atomic E-state index is 12.4. The molecule has 0 N–H and O–H groups in total. The Morgan fingerprint density at radius 1 is 1.33 bits per heavy atom. The molecule has 1 aromatic rings. The number of likely N-dealkylation sites (tertiary alicyclic amines) is 1. The summed E-state index contributed by atoms with van der Waals surface area (Å²) in [5.41, 5.74) is 0. The van der Waals surface area contributed by atoms with Crippen molar-refractivity contribution in [3.8, 4) is 0 Å². The lowest BCUT2D eigenvalue weighted by molar-refractivity contribution is -0.141. The fourth-order valence-electron chi connectivity index (χ4n) is 2.79. The number of carbonyl (C=O) groups excluding carboxylic acids is 2. The summed E-state index contributed by atoms with van der Waals surface area (Å²) < 4.78 is 10.3. The number of furan rings is 1. The lowest BCUT2D eigenvalue weighted by Crippen LogP contribution is -2.38. The molecule has 0 saturated carbocycles. The van der Waals surface area contributed by atoms with Crippen molar-refractivity contribution in [2.75, 3.05) is 13.7 Å². The molecule has 1 aromatic heterocycles. The number of amides is 1. The van der Waals surface area contributed by atoms with Crippen LogP contribution in [-0.4, -0.2) is 30.4 Å². The number of hydrogen-bond acceptors (Lipinski definition) is 4. The average Bonchev–Trinajstić information content (AvgIpc) is 2.93. The van der Waals surface area contributed by atoms with Crippen LogP contribution >= 0.6 is 0 Å². The number of aryl methyl sites for hydroxylation is 1. The Balaban J connectivity index is 1.95. The molecule has 1 aliphatic rings. The van der Waals surface area contributed by atoms with E-state index in [1.165, 1.54) is 7.11 Å². The Morgan fingerprint density at radius 2 is 2.14 bits per heavy atom. The molecule has 0 bridgehead atoms. The van der Waals surface area contributed by atoms with Crippen molar-refractivity contribution in [1.82, 2.24) is 4.90 Å². The fourth-order valence-corrected chi connectivity index (χ4v) is 2.79. The minimum atomic E-state index is -0.264. The second-order valence-corrected chi connectivity index (χ2v) is 5.48. The van der Waals surface area contributed by atoms with Crippen LogP contribution < -0.4 is 0 Å². The normalized spacial score (nSPS) is 18.6. The zero-order chi connectivity index (χ0) is 15.2. The molecule has 5 heteroatoms. The third-order valence-electron chi connectivity index (χ3n) is 3.91. The van der Waals surface area contributed by atoms with Crippen molar-refractivity contribution in [3.63, 3.8) is 0 Å². The van der Waals surface area contributed by atoms with Crippen molar-refractivity contribution in [1.29, 1.82) is 0 Å². The number of piperidine rings is 1. The maximum Gasteiger partial charge on any atom is 0.305 e. The molecule has 21 heavy (non-hydrogen) atoms. The Labute approximate surface area is 125 Å². The van der Waals surface area contributed by atoms with E-state index in [0.29, 0.717) is 19.3 Å². The van der Waals surface area contributed by atoms with Crippen molar-refractivity contribution in [3.05, 3.63) is 23.7 Å². The second-order valence-electron chi connectivity index (χ2n) is 5.48. The van der Waals surface area contributed by atoms with E-state index in [0.717, 1.165) is 37.3 Å². The smallest absolute Gasteiger partial charge is 0.305 e. The third-order valence-corrected chi connectivity index (χ3v) is 3.91. The Bertz CT molecular complexity index is 494. The fraction of sp³-hybridized carbons (Fsp3) is 0.625. The zero-order valence-corrected chi connectivity index (χ0v) is 12.8. The lowest BCUT2D eigenvalue weighted by atomic mass is 9.99. The highest BCUT2D eigenvalue weighted by Gasteiger charge is 2.29. The Hall–Kier alpha value is -1.78. The molecule has 0 aromatic carbocycles. The van der Waals surface area contributed by atoms with Gasteiger partial charge in [0.05, 0.1) is 13.2 Å². The van der Waals surface area contributed by atoms with E-state index in [2.05, 4.69) is 4.74 Å². The SMILES string of the molecule is COC(=O)CCCC(=O)N1CCCC[C@@H]1c1ccc(C)o1. The Morgan fingerprint density at radius 3 is 2.81 bits per heavy atom. The molecule has 0 spiro atoms. The molecule has 2 heterocycles. The standard InChI is InChI=1S/C16H23NO4/c1-12-9-10-14(21-12)13-6-3-4-11-17(13)15(18)7-5-8-16(19)20-2/h9-10,13H,3-8,11H2,1-2H3/t13-/m1/s1. The van der Waals surface area contributed by atoms with Crippen molar-refractivity contribution in [2.24, 2.45) is 0 Å². The number of rotatable bonds is 5. The quantitative estimate of drug-likeness (QED) is 0.783. The van der Waals surface area contributed by atoms with Crippen LogP contribution in [0.2, 0.25) is 0 Å². The predicted molar refractivity (Wildman–Crippen MR) is 77.6 cm³/mol. The third kappa shape index (κ3) is 4.09. The molecule has 1 aliphatic heterocycles. The van der Waals surface area contributed by atoms with Gasteiger partial charge in [0.2, 0.25) is 5.91 Å². The van der Waals surface area contributed by atoms with Crippen LogP contribution in [0.5, 0.6) is 0 Å². The first-order valence-electron chi connectivity index (χ1n) is 7.54. The van der Waals surface area contributed by atoms with Gasteiger partial charge in [-0.05, 0) is 44.7 Å². The molecule has 0 unspecified atom stereocenters. The van der Waals surface area contributed by atoms with Gasteiger partial charge in [-0.2, -0.15) is 0 Å². The number of nitrogens with zero attached hydrogens (tertiary/aromatic N) is 1. The van der Waals surface area contributed by atoms with Crippen molar-refractivity contribution in [2.45, 2.75) is 51.5 Å². The summed E-state index contributed by atoms with van der Waals surface area (Å²) in [7, 11) is 1.37. The number of esters is 1. The number of methoxy groups -OCH3 is 1. The number of carbonyl (C=O) groups is 2. The van der Waals surface area contributed by atoms with Gasteiger partial charge in [-0.15, -0.1) is 0 Å². The van der Waals surface area contributed by atoms with E-state index in [-0.39, 0.29) is 17.9 Å². The van der Waals surface area contributed by atoms with Crippen LogP contribution in [-0.2, 0) is 14.3 Å². The van der Waals surface area contributed by atoms with Crippen LogP contribution in [0, 0.1) is 6.92 Å². The van der Waals surface area contributed by atoms with Gasteiger partial charge >= 0.3 is 5.97 Å². The largest absolute Gasteiger partial charge is 0.469 e. The van der Waals surface area contributed by atoms with Gasteiger partial charge in [0.15, 0.2) is 0 Å². The van der Waals surface area contributed by atoms with Gasteiger partial charge in [0.1, 0.15) is 11.5 Å². The van der Waals surface area contributed by atoms with Crippen LogP contribution in [0.1, 0.15) is 56.1 Å². The summed E-state index contributed by atoms with van der Waals surface area (Å²) in [5.74, 6) is 1.57. The van der Waals surface area contributed by atoms with E-state index in [1.807, 2.05) is 24.0 Å². The van der Waals surface area contributed by atoms with E-state index in [4.69, 9.17) is 4.42 Å². The lowest BCUT2D eigenvalue weighted by Gasteiger charge is -2.34. The first-order valence-corrected chi connectivity index (χ1v) is 7.54. The summed E-state index contributed by atoms with van der Waals surface area (Å²) in [6, 6.07) is 3.93. The van der Waals surface area contributed by atoms with Crippen molar-refractivity contribution >= 4 is 11.9 Å². The molecule has 5 nitrogen and oxygen atoms in total. The van der Waals surface area contributed by atoms with Gasteiger partial charge in [-0.1, -0.05) is 0 Å². The molecule has 1 atom stereocenters. The van der Waals surface area contributed by atoms with Gasteiger partial charge in [0.25, 0.3) is 0 Å². The van der Waals surface area contributed by atoms with Crippen LogP contribution in [0.15, 0.2) is 16.5 Å². The van der Waals surface area contributed by atoms with Crippen LogP contribution in [0.3, 0.4) is 0 Å². The highest BCUT2D eigenvalue weighted by Crippen LogP contribution is 2.32. The topological polar surface area (TPSA) is 59.8 Å². The van der Waals surface area contributed by atoms with Crippen LogP contribution in [0.4, 0.5) is 0 Å². The van der Waals surface area contributed by atoms with E-state index in [9.17, 15) is 9.59 Å². The molecule has 0 aliphatic carbocycles. The van der Waals surface area contributed by atoms with E-state index >= 15 is 0 Å². The van der Waals surface area contributed by atoms with E-state index < -0.39 is 0 Å². The van der Waals surface area contributed by atoms with Gasteiger partial charge in [0, 0.05) is 19.4 Å². The van der Waals surface area contributed by atoms with Gasteiger partial charge < -0.3 is 14.1 Å². The molecule has 0 radical (unpaired) electrons. The molecule has 116 valence electrons. The molecule has 1 saturated heterocycles. The first kappa shape index (κ1) is 15.6. The molecule has 1 fully saturated rings. The van der Waals surface area contributed by atoms with Crippen LogP contribution in [0.25, 0.3) is 0 Å². The molecule has 1 amide bonds. The minimum Gasteiger partial charge on any atom is -0.469 e. The van der Waals surface area contributed by atoms with Gasteiger partial charge in [-0.25, -0.2) is 0 Å². The zero-order valence-electron chi connectivity index (χ0n) is 12.8. The second kappa shape index (κ2) is 7.29. The first-order chi connectivity index (χ1) is 10.1. The predicted octanol–water partition coefficient (Wildman–Crippen LogP) is 2.98. The monoisotopic (exact) mass is 293 g/mol.